The first-order valence-electron chi connectivity index (χ1n) is 20.1. The second-order valence-corrected chi connectivity index (χ2v) is 15.2. The summed E-state index contributed by atoms with van der Waals surface area (Å²) >= 11 is 0. The molecule has 4 aromatic heterocycles. The van der Waals surface area contributed by atoms with Crippen molar-refractivity contribution in [3.05, 3.63) is 211 Å². The smallest absolute Gasteiger partial charge is 0.235 e. The van der Waals surface area contributed by atoms with Crippen LogP contribution in [0.4, 0.5) is 0 Å². The van der Waals surface area contributed by atoms with Gasteiger partial charge in [-0.3, -0.25) is 4.57 Å². The molecule has 59 heavy (non-hydrogen) atoms. The number of benzene rings is 8. The highest BCUT2D eigenvalue weighted by molar-refractivity contribution is 6.23. The van der Waals surface area contributed by atoms with E-state index in [0.717, 1.165) is 50.4 Å². The molecular weight excluding hydrogens is 719 g/mol. The number of hydrogen-bond acceptors (Lipinski definition) is 2. The van der Waals surface area contributed by atoms with Gasteiger partial charge in [-0.2, -0.15) is 0 Å². The van der Waals surface area contributed by atoms with Crippen LogP contribution in [0.2, 0.25) is 0 Å². The molecule has 0 saturated carbocycles. The lowest BCUT2D eigenvalue weighted by Gasteiger charge is -2.14. The summed E-state index contributed by atoms with van der Waals surface area (Å²) in [7, 11) is 0. The fourth-order valence-corrected chi connectivity index (χ4v) is 8.87. The molecule has 0 unspecified atom stereocenters. The lowest BCUT2D eigenvalue weighted by Crippen LogP contribution is -2.05. The van der Waals surface area contributed by atoms with E-state index in [-0.39, 0.29) is 0 Å². The van der Waals surface area contributed by atoms with E-state index in [1.54, 1.807) is 0 Å². The van der Waals surface area contributed by atoms with Crippen molar-refractivity contribution in [2.24, 2.45) is 0 Å². The van der Waals surface area contributed by atoms with Gasteiger partial charge in [0.15, 0.2) is 0 Å². The Hall–Kier alpha value is -7.76. The number of aryl methyl sites for hydroxylation is 2. The summed E-state index contributed by atoms with van der Waals surface area (Å²) in [6, 6.07) is 70.9. The van der Waals surface area contributed by atoms with Gasteiger partial charge in [0.1, 0.15) is 0 Å². The summed E-state index contributed by atoms with van der Waals surface area (Å²) in [4.78, 5) is 10.3. The SMILES string of the molecule is Cc1cc(-c2ccccc2)nc(-n2c3ccccc3c3ccc4c5ccccc5n(-c5ccc(-n6c7ccccc7c7ccccc76)cc5)c4c32)n1.Cc1ccccc1. The quantitative estimate of drug-likeness (QED) is 0.179. The van der Waals surface area contributed by atoms with Gasteiger partial charge in [-0.1, -0.05) is 151 Å². The van der Waals surface area contributed by atoms with Crippen molar-refractivity contribution < 1.29 is 0 Å². The van der Waals surface area contributed by atoms with Crippen LogP contribution in [0.3, 0.4) is 0 Å². The molecule has 0 spiro atoms. The van der Waals surface area contributed by atoms with Gasteiger partial charge < -0.3 is 9.13 Å². The minimum Gasteiger partial charge on any atom is -0.309 e. The predicted molar refractivity (Wildman–Crippen MR) is 246 cm³/mol. The molecule has 8 aromatic carbocycles. The van der Waals surface area contributed by atoms with Gasteiger partial charge in [-0.25, -0.2) is 9.97 Å². The van der Waals surface area contributed by atoms with Crippen LogP contribution in [0.5, 0.6) is 0 Å². The van der Waals surface area contributed by atoms with Gasteiger partial charge in [-0.05, 0) is 68.4 Å². The minimum atomic E-state index is 0.663. The lowest BCUT2D eigenvalue weighted by atomic mass is 10.1. The highest BCUT2D eigenvalue weighted by Gasteiger charge is 2.23. The van der Waals surface area contributed by atoms with Crippen molar-refractivity contribution in [1.82, 2.24) is 23.7 Å². The second-order valence-electron chi connectivity index (χ2n) is 15.2. The predicted octanol–water partition coefficient (Wildman–Crippen LogP) is 13.7. The number of hydrogen-bond donors (Lipinski definition) is 0. The number of nitrogens with zero attached hydrogens (tertiary/aromatic N) is 5. The monoisotopic (exact) mass is 757 g/mol. The van der Waals surface area contributed by atoms with E-state index in [2.05, 4.69) is 203 Å². The van der Waals surface area contributed by atoms with Crippen molar-refractivity contribution in [1.29, 1.82) is 0 Å². The van der Waals surface area contributed by atoms with Crippen LogP contribution < -0.4 is 0 Å². The Morgan fingerprint density at radius 1 is 0.339 bits per heavy atom. The Kier molecular flexibility index (Phi) is 8.19. The van der Waals surface area contributed by atoms with Crippen LogP contribution in [-0.4, -0.2) is 23.7 Å². The van der Waals surface area contributed by atoms with Crippen molar-refractivity contribution in [2.45, 2.75) is 13.8 Å². The summed E-state index contributed by atoms with van der Waals surface area (Å²) in [6.07, 6.45) is 0. The van der Waals surface area contributed by atoms with Crippen LogP contribution in [0, 0.1) is 13.8 Å². The largest absolute Gasteiger partial charge is 0.309 e. The average Bonchev–Trinajstić information content (AvgIpc) is 3.93. The molecule has 0 saturated heterocycles. The van der Waals surface area contributed by atoms with Crippen LogP contribution >= 0.6 is 0 Å². The van der Waals surface area contributed by atoms with E-state index in [9.17, 15) is 0 Å². The summed E-state index contributed by atoms with van der Waals surface area (Å²) in [5.41, 5.74) is 13.3. The zero-order valence-corrected chi connectivity index (χ0v) is 32.8. The van der Waals surface area contributed by atoms with E-state index < -0.39 is 0 Å². The van der Waals surface area contributed by atoms with E-state index in [0.29, 0.717) is 5.95 Å². The number of aromatic nitrogens is 5. The second kappa shape index (κ2) is 14.0. The zero-order chi connectivity index (χ0) is 39.5. The Labute approximate surface area is 341 Å². The lowest BCUT2D eigenvalue weighted by molar-refractivity contribution is 0.967. The molecule has 12 rings (SSSR count). The maximum Gasteiger partial charge on any atom is 0.235 e. The molecule has 0 amide bonds. The normalized spacial score (nSPS) is 11.6. The van der Waals surface area contributed by atoms with Gasteiger partial charge in [0.05, 0.1) is 38.8 Å². The highest BCUT2D eigenvalue weighted by atomic mass is 15.2. The summed E-state index contributed by atoms with van der Waals surface area (Å²) < 4.78 is 7.07. The third-order valence-electron chi connectivity index (χ3n) is 11.5. The Bertz CT molecular complexity index is 3450. The molecule has 0 bridgehead atoms. The van der Waals surface area contributed by atoms with Gasteiger partial charge in [0.25, 0.3) is 0 Å². The molecule has 0 aliphatic heterocycles. The number of fused-ring (bicyclic) bond motifs is 10. The molecule has 280 valence electrons. The fraction of sp³-hybridized carbons (Fsp3) is 0.0370. The molecule has 5 heteroatoms. The molecule has 12 aromatic rings. The Morgan fingerprint density at radius 2 is 0.746 bits per heavy atom. The molecule has 0 radical (unpaired) electrons. The zero-order valence-electron chi connectivity index (χ0n) is 32.8. The Morgan fingerprint density at radius 3 is 1.25 bits per heavy atom. The van der Waals surface area contributed by atoms with Gasteiger partial charge in [-0.15, -0.1) is 0 Å². The van der Waals surface area contributed by atoms with Crippen molar-refractivity contribution in [2.75, 3.05) is 0 Å². The fourth-order valence-electron chi connectivity index (χ4n) is 8.87. The van der Waals surface area contributed by atoms with Crippen LogP contribution in [-0.2, 0) is 0 Å². The number of para-hydroxylation sites is 4. The number of rotatable bonds is 4. The standard InChI is InChI=1S/C47H31N5.C7H8/c1-30-29-40(31-13-3-2-4-14-31)49-47(48-30)52-44-22-12-8-18-37(44)39-28-27-38-36-17-7-11-21-43(36)51(45(38)46(39)52)33-25-23-32(24-26-33)50-41-19-9-5-15-34(41)35-16-6-10-20-42(35)50;1-7-5-3-2-4-6-7/h2-29H,1H3;2-6H,1H3. The Balaban J connectivity index is 0.000000517. The van der Waals surface area contributed by atoms with Crippen molar-refractivity contribution in [3.8, 4) is 28.6 Å². The molecular formula is C54H39N5. The molecule has 5 nitrogen and oxygen atoms in total. The highest BCUT2D eigenvalue weighted by Crippen LogP contribution is 2.42. The summed E-state index contributed by atoms with van der Waals surface area (Å²) in [5, 5.41) is 7.25. The van der Waals surface area contributed by atoms with Gasteiger partial charge in [0.2, 0.25) is 5.95 Å². The summed E-state index contributed by atoms with van der Waals surface area (Å²) in [6.45, 7) is 4.14. The van der Waals surface area contributed by atoms with E-state index in [1.165, 1.54) is 48.9 Å². The molecule has 0 aliphatic carbocycles. The minimum absolute atomic E-state index is 0.663. The average molecular weight is 758 g/mol. The van der Waals surface area contributed by atoms with Crippen LogP contribution in [0.25, 0.3) is 94.0 Å². The van der Waals surface area contributed by atoms with Crippen LogP contribution in [0.15, 0.2) is 200 Å². The van der Waals surface area contributed by atoms with Gasteiger partial charge >= 0.3 is 0 Å². The van der Waals surface area contributed by atoms with Crippen molar-refractivity contribution in [3.63, 3.8) is 0 Å². The molecule has 0 N–H and O–H groups in total. The third-order valence-corrected chi connectivity index (χ3v) is 11.5. The third kappa shape index (κ3) is 5.70. The van der Waals surface area contributed by atoms with E-state index >= 15 is 0 Å². The topological polar surface area (TPSA) is 40.6 Å². The first-order chi connectivity index (χ1) is 29.1. The molecule has 0 fully saturated rings. The molecule has 0 aliphatic rings. The maximum atomic E-state index is 5.24. The van der Waals surface area contributed by atoms with Gasteiger partial charge in [0, 0.05) is 54.9 Å². The first kappa shape index (κ1) is 34.5. The van der Waals surface area contributed by atoms with Crippen LogP contribution in [0.1, 0.15) is 11.3 Å². The maximum absolute atomic E-state index is 5.24. The summed E-state index contributed by atoms with van der Waals surface area (Å²) in [5.74, 6) is 0.663. The van der Waals surface area contributed by atoms with E-state index in [4.69, 9.17) is 9.97 Å². The molecule has 4 heterocycles. The molecule has 0 atom stereocenters. The first-order valence-corrected chi connectivity index (χ1v) is 20.1. The van der Waals surface area contributed by atoms with E-state index in [1.807, 2.05) is 24.3 Å². The van der Waals surface area contributed by atoms with Crippen molar-refractivity contribution >= 4 is 65.4 Å².